The number of amides is 1. The molecule has 19 heavy (non-hydrogen) atoms. The van der Waals surface area contributed by atoms with E-state index >= 15 is 0 Å². The minimum atomic E-state index is -0.458. The molecule has 0 bridgehead atoms. The number of aliphatic hydroxyl groups excluding tert-OH is 1. The average molecular weight is 260 g/mol. The Morgan fingerprint density at radius 1 is 1.32 bits per heavy atom. The van der Waals surface area contributed by atoms with Crippen molar-refractivity contribution in [3.05, 3.63) is 35.9 Å². The van der Waals surface area contributed by atoms with Crippen molar-refractivity contribution in [2.45, 2.75) is 30.4 Å². The Kier molecular flexibility index (Phi) is 3.07. The number of carbonyl (C=O) groups is 1. The molecule has 4 nitrogen and oxygen atoms in total. The molecule has 0 radical (unpaired) electrons. The van der Waals surface area contributed by atoms with Gasteiger partial charge >= 0.3 is 0 Å². The van der Waals surface area contributed by atoms with Crippen LogP contribution in [0.25, 0.3) is 0 Å². The Morgan fingerprint density at radius 3 is 2.53 bits per heavy atom. The van der Waals surface area contributed by atoms with Gasteiger partial charge < -0.3 is 15.3 Å². The fraction of sp³-hybridized carbons (Fsp3) is 0.533. The molecule has 1 amide bonds. The first-order chi connectivity index (χ1) is 9.15. The minimum absolute atomic E-state index is 0.103. The molecule has 102 valence electrons. The van der Waals surface area contributed by atoms with Crippen LogP contribution in [0.1, 0.15) is 18.4 Å². The van der Waals surface area contributed by atoms with E-state index in [1.807, 2.05) is 37.4 Å². The number of aliphatic hydroxyl groups is 1. The van der Waals surface area contributed by atoms with Crippen molar-refractivity contribution in [1.29, 1.82) is 0 Å². The van der Waals surface area contributed by atoms with E-state index in [0.29, 0.717) is 13.1 Å². The Balaban J connectivity index is 1.80. The highest BCUT2D eigenvalue weighted by molar-refractivity contribution is 5.91. The number of β-amino-alcohol motifs (C(OH)–C–C–N with tert-alkyl or cyclic N) is 1. The molecular formula is C15H20N2O2. The molecule has 2 atom stereocenters. The van der Waals surface area contributed by atoms with Crippen molar-refractivity contribution in [3.63, 3.8) is 0 Å². The molecule has 1 aliphatic carbocycles. The van der Waals surface area contributed by atoms with Crippen LogP contribution in [0, 0.1) is 0 Å². The van der Waals surface area contributed by atoms with Gasteiger partial charge in [0.05, 0.1) is 17.6 Å². The quantitative estimate of drug-likeness (QED) is 0.832. The smallest absolute Gasteiger partial charge is 0.233 e. The molecule has 2 fully saturated rings. The normalized spacial score (nSPS) is 28.1. The van der Waals surface area contributed by atoms with Gasteiger partial charge in [0.2, 0.25) is 5.91 Å². The van der Waals surface area contributed by atoms with Gasteiger partial charge in [-0.25, -0.2) is 0 Å². The Hall–Kier alpha value is -1.39. The van der Waals surface area contributed by atoms with Crippen molar-refractivity contribution in [2.24, 2.45) is 0 Å². The summed E-state index contributed by atoms with van der Waals surface area (Å²) in [5, 5.41) is 13.0. The summed E-state index contributed by atoms with van der Waals surface area (Å²) in [6.45, 7) is 1.24. The molecule has 1 heterocycles. The van der Waals surface area contributed by atoms with Gasteiger partial charge in [0, 0.05) is 20.1 Å². The maximum atomic E-state index is 12.7. The Labute approximate surface area is 113 Å². The van der Waals surface area contributed by atoms with E-state index in [-0.39, 0.29) is 17.4 Å². The molecule has 1 aliphatic heterocycles. The highest BCUT2D eigenvalue weighted by Gasteiger charge is 2.53. The molecule has 1 saturated heterocycles. The fourth-order valence-corrected chi connectivity index (χ4v) is 3.04. The molecule has 2 N–H and O–H groups in total. The van der Waals surface area contributed by atoms with Crippen LogP contribution in [0.3, 0.4) is 0 Å². The summed E-state index contributed by atoms with van der Waals surface area (Å²) in [6.07, 6.45) is 1.37. The molecular weight excluding hydrogens is 240 g/mol. The van der Waals surface area contributed by atoms with Crippen LogP contribution in [0.15, 0.2) is 30.3 Å². The van der Waals surface area contributed by atoms with E-state index in [1.165, 1.54) is 0 Å². The summed E-state index contributed by atoms with van der Waals surface area (Å²) in [5.74, 6) is 0.145. The lowest BCUT2D eigenvalue weighted by Crippen LogP contribution is -2.48. The standard InChI is InChI=1S/C15H20N2O2/c1-17(12-9-16-10-13(12)18)14(19)15(7-8-15)11-5-3-2-4-6-11/h2-6,12-13,16,18H,7-10H2,1H3/t12-,13-/m1/s1. The number of benzene rings is 1. The number of carbonyl (C=O) groups excluding carboxylic acids is 1. The zero-order valence-corrected chi connectivity index (χ0v) is 11.2. The van der Waals surface area contributed by atoms with Gasteiger partial charge in [-0.2, -0.15) is 0 Å². The second-order valence-corrected chi connectivity index (χ2v) is 5.66. The van der Waals surface area contributed by atoms with Gasteiger partial charge in [0.15, 0.2) is 0 Å². The van der Waals surface area contributed by atoms with Crippen molar-refractivity contribution in [1.82, 2.24) is 10.2 Å². The Bertz CT molecular complexity index is 470. The molecule has 0 spiro atoms. The van der Waals surface area contributed by atoms with Gasteiger partial charge in [0.25, 0.3) is 0 Å². The second kappa shape index (κ2) is 4.62. The van der Waals surface area contributed by atoms with Gasteiger partial charge in [-0.3, -0.25) is 4.79 Å². The van der Waals surface area contributed by atoms with E-state index < -0.39 is 6.10 Å². The largest absolute Gasteiger partial charge is 0.390 e. The Morgan fingerprint density at radius 2 is 2.00 bits per heavy atom. The number of nitrogens with one attached hydrogen (secondary N) is 1. The number of rotatable bonds is 3. The maximum Gasteiger partial charge on any atom is 0.233 e. The summed E-state index contributed by atoms with van der Waals surface area (Å²) < 4.78 is 0. The third-order valence-corrected chi connectivity index (χ3v) is 4.45. The molecule has 4 heteroatoms. The van der Waals surface area contributed by atoms with Gasteiger partial charge in [0.1, 0.15) is 0 Å². The summed E-state index contributed by atoms with van der Waals surface area (Å²) in [6, 6.07) is 9.89. The highest BCUT2D eigenvalue weighted by Crippen LogP contribution is 2.49. The van der Waals surface area contributed by atoms with Crippen LogP contribution in [0.2, 0.25) is 0 Å². The topological polar surface area (TPSA) is 52.6 Å². The van der Waals surface area contributed by atoms with E-state index in [4.69, 9.17) is 0 Å². The van der Waals surface area contributed by atoms with E-state index in [2.05, 4.69) is 5.32 Å². The summed E-state index contributed by atoms with van der Waals surface area (Å²) >= 11 is 0. The lowest BCUT2D eigenvalue weighted by Gasteiger charge is -2.30. The second-order valence-electron chi connectivity index (χ2n) is 5.66. The van der Waals surface area contributed by atoms with Gasteiger partial charge in [-0.1, -0.05) is 30.3 Å². The van der Waals surface area contributed by atoms with Gasteiger partial charge in [-0.05, 0) is 18.4 Å². The molecule has 2 aliphatic rings. The van der Waals surface area contributed by atoms with Crippen LogP contribution in [0.4, 0.5) is 0 Å². The van der Waals surface area contributed by atoms with Crippen LogP contribution in [-0.4, -0.2) is 48.2 Å². The monoisotopic (exact) mass is 260 g/mol. The van der Waals surface area contributed by atoms with E-state index in [0.717, 1.165) is 18.4 Å². The fourth-order valence-electron chi connectivity index (χ4n) is 3.04. The molecule has 1 aromatic carbocycles. The van der Waals surface area contributed by atoms with Crippen LogP contribution < -0.4 is 5.32 Å². The van der Waals surface area contributed by atoms with E-state index in [9.17, 15) is 9.90 Å². The lowest BCUT2D eigenvalue weighted by molar-refractivity contribution is -0.136. The predicted octanol–water partition coefficient (Wildman–Crippen LogP) is 0.509. The summed E-state index contributed by atoms with van der Waals surface area (Å²) in [5.41, 5.74) is 0.769. The van der Waals surface area contributed by atoms with Crippen LogP contribution >= 0.6 is 0 Å². The van der Waals surface area contributed by atoms with Crippen LogP contribution in [-0.2, 0) is 10.2 Å². The highest BCUT2D eigenvalue weighted by atomic mass is 16.3. The maximum absolute atomic E-state index is 12.7. The van der Waals surface area contributed by atoms with Crippen molar-refractivity contribution in [2.75, 3.05) is 20.1 Å². The SMILES string of the molecule is CN(C(=O)C1(c2ccccc2)CC1)[C@@H]1CNC[C@H]1O. The zero-order chi connectivity index (χ0) is 13.5. The third-order valence-electron chi connectivity index (χ3n) is 4.45. The number of nitrogens with zero attached hydrogens (tertiary/aromatic N) is 1. The first-order valence-corrected chi connectivity index (χ1v) is 6.87. The van der Waals surface area contributed by atoms with Crippen LogP contribution in [0.5, 0.6) is 0 Å². The lowest BCUT2D eigenvalue weighted by atomic mass is 9.93. The number of hydrogen-bond donors (Lipinski definition) is 2. The van der Waals surface area contributed by atoms with Gasteiger partial charge in [-0.15, -0.1) is 0 Å². The first-order valence-electron chi connectivity index (χ1n) is 6.87. The molecule has 1 saturated carbocycles. The third kappa shape index (κ3) is 2.05. The number of hydrogen-bond acceptors (Lipinski definition) is 3. The summed E-state index contributed by atoms with van der Waals surface area (Å²) in [4.78, 5) is 14.5. The number of likely N-dealkylation sites (N-methyl/N-ethyl adjacent to an activating group) is 1. The molecule has 0 aromatic heterocycles. The van der Waals surface area contributed by atoms with Crippen molar-refractivity contribution >= 4 is 5.91 Å². The average Bonchev–Trinajstić information content (AvgIpc) is 3.15. The first kappa shape index (κ1) is 12.6. The molecule has 3 rings (SSSR count). The van der Waals surface area contributed by atoms with Crippen molar-refractivity contribution in [3.8, 4) is 0 Å². The molecule has 1 aromatic rings. The zero-order valence-electron chi connectivity index (χ0n) is 11.2. The minimum Gasteiger partial charge on any atom is -0.390 e. The van der Waals surface area contributed by atoms with E-state index in [1.54, 1.807) is 4.90 Å². The molecule has 0 unspecified atom stereocenters. The predicted molar refractivity (Wildman–Crippen MR) is 72.8 cm³/mol. The van der Waals surface area contributed by atoms with Crippen molar-refractivity contribution < 1.29 is 9.90 Å². The summed E-state index contributed by atoms with van der Waals surface area (Å²) in [7, 11) is 1.81.